The summed E-state index contributed by atoms with van der Waals surface area (Å²) in [5, 5.41) is -0.0908. The Bertz CT molecular complexity index is 607. The van der Waals surface area contributed by atoms with Gasteiger partial charge < -0.3 is 18.3 Å². The van der Waals surface area contributed by atoms with Crippen LogP contribution in [0.1, 0.15) is 60.3 Å². The van der Waals surface area contributed by atoms with Gasteiger partial charge in [0.05, 0.1) is 20.4 Å². The second-order valence-electron chi connectivity index (χ2n) is 11.4. The Morgan fingerprint density at radius 1 is 0.970 bits per heavy atom. The zero-order chi connectivity index (χ0) is 25.9. The molecule has 0 aliphatic rings. The van der Waals surface area contributed by atoms with Gasteiger partial charge in [0, 0.05) is 17.4 Å². The summed E-state index contributed by atoms with van der Waals surface area (Å²) in [4.78, 5) is 11.4. The number of hydrogen-bond acceptors (Lipinski definition) is 5. The molecule has 0 amide bonds. The molecule has 8 heteroatoms. The molecule has 0 aliphatic heterocycles. The zero-order valence-electron chi connectivity index (χ0n) is 23.7. The maximum atomic E-state index is 11.4. The van der Waals surface area contributed by atoms with Crippen LogP contribution >= 0.6 is 0 Å². The molecule has 0 radical (unpaired) electrons. The molecule has 0 aromatic heterocycles. The third-order valence-corrected chi connectivity index (χ3v) is 18.1. The Morgan fingerprint density at radius 3 is 2.09 bits per heavy atom. The number of esters is 1. The lowest BCUT2D eigenvalue weighted by atomic mass is 10.3. The molecule has 0 aromatic rings. The summed E-state index contributed by atoms with van der Waals surface area (Å²) in [6.07, 6.45) is 4.49. The van der Waals surface area contributed by atoms with Gasteiger partial charge in [-0.1, -0.05) is 52.4 Å². The molecule has 0 fully saturated rings. The molecule has 2 atom stereocenters. The summed E-state index contributed by atoms with van der Waals surface area (Å²) in [6.45, 7) is 29.9. The Kier molecular flexibility index (Phi) is 14.2. The Hall–Kier alpha value is -0.259. The number of ether oxygens (including phenoxy) is 2. The Morgan fingerprint density at radius 2 is 1.58 bits per heavy atom. The van der Waals surface area contributed by atoms with Gasteiger partial charge in [0.25, 0.3) is 0 Å². The van der Waals surface area contributed by atoms with Crippen LogP contribution in [-0.4, -0.2) is 61.5 Å². The van der Waals surface area contributed by atoms with Crippen molar-refractivity contribution in [2.45, 2.75) is 123 Å². The first-order valence-corrected chi connectivity index (χ1v) is 22.1. The van der Waals surface area contributed by atoms with Crippen LogP contribution in [0.2, 0.25) is 51.4 Å². The number of rotatable bonds is 18. The van der Waals surface area contributed by atoms with E-state index in [4.69, 9.17) is 18.3 Å². The maximum absolute atomic E-state index is 11.4. The van der Waals surface area contributed by atoms with Crippen LogP contribution in [-0.2, 0) is 23.1 Å². The lowest BCUT2D eigenvalue weighted by molar-refractivity contribution is -0.140. The van der Waals surface area contributed by atoms with Crippen LogP contribution in [0.25, 0.3) is 0 Å². The highest BCUT2D eigenvalue weighted by Crippen LogP contribution is 2.36. The van der Waals surface area contributed by atoms with Crippen LogP contribution in [0, 0.1) is 0 Å². The summed E-state index contributed by atoms with van der Waals surface area (Å²) in [5.41, 5.74) is 0.608. The monoisotopic (exact) mass is 518 g/mol. The third-order valence-electron chi connectivity index (χ3n) is 7.10. The van der Waals surface area contributed by atoms with E-state index in [0.717, 1.165) is 18.9 Å². The predicted molar refractivity (Wildman–Crippen MR) is 149 cm³/mol. The lowest BCUT2D eigenvalue weighted by Crippen LogP contribution is -2.62. The molecule has 0 aromatic carbocycles. The van der Waals surface area contributed by atoms with Crippen LogP contribution in [0.4, 0.5) is 0 Å². The minimum atomic E-state index is -2.05. The van der Waals surface area contributed by atoms with Gasteiger partial charge in [-0.05, 0) is 65.8 Å². The fraction of sp³-hybridized carbons (Fsp3) is 0.880. The van der Waals surface area contributed by atoms with E-state index in [-0.39, 0.29) is 23.5 Å². The van der Waals surface area contributed by atoms with Crippen molar-refractivity contribution in [3.63, 3.8) is 0 Å². The fourth-order valence-corrected chi connectivity index (χ4v) is 14.2. The van der Waals surface area contributed by atoms with E-state index < -0.39 is 24.7 Å². The Labute approximate surface area is 208 Å². The quantitative estimate of drug-likeness (QED) is 0.0838. The summed E-state index contributed by atoms with van der Waals surface area (Å²) in [7, 11) is -5.41. The van der Waals surface area contributed by atoms with E-state index >= 15 is 0 Å². The lowest BCUT2D eigenvalue weighted by Gasteiger charge is -2.49. The first-order chi connectivity index (χ1) is 15.0. The van der Waals surface area contributed by atoms with Gasteiger partial charge in [0.15, 0.2) is 8.32 Å². The van der Waals surface area contributed by atoms with Gasteiger partial charge in [-0.3, -0.25) is 0 Å². The van der Waals surface area contributed by atoms with Crippen molar-refractivity contribution in [2.24, 2.45) is 0 Å². The normalized spacial score (nSPS) is 15.7. The standard InChI is InChI=1S/C25H54O5Si3/c1-13-15-21-32(9,10)29-23(5)33(11,12)30-25(6,14-2)31(7,8)20-16-17-27-18-19-28-24(26)22(3)4/h23H,3,13-21H2,1-2,4-12H3. The van der Waals surface area contributed by atoms with Crippen molar-refractivity contribution in [2.75, 3.05) is 19.8 Å². The van der Waals surface area contributed by atoms with Crippen molar-refractivity contribution in [1.29, 1.82) is 0 Å². The molecule has 0 saturated heterocycles. The van der Waals surface area contributed by atoms with E-state index in [9.17, 15) is 4.79 Å². The minimum absolute atomic E-state index is 0.0908. The Balaban J connectivity index is 4.81. The number of unbranched alkanes of at least 4 members (excludes halogenated alkanes) is 1. The van der Waals surface area contributed by atoms with Gasteiger partial charge >= 0.3 is 5.97 Å². The molecule has 0 saturated carbocycles. The number of hydrogen-bond donors (Lipinski definition) is 0. The highest BCUT2D eigenvalue weighted by atomic mass is 28.4. The molecule has 0 spiro atoms. The van der Waals surface area contributed by atoms with E-state index in [1.807, 2.05) is 0 Å². The van der Waals surface area contributed by atoms with Crippen molar-refractivity contribution < 1.29 is 23.1 Å². The highest BCUT2D eigenvalue weighted by Gasteiger charge is 2.48. The molecule has 0 aliphatic carbocycles. The predicted octanol–water partition coefficient (Wildman–Crippen LogP) is 7.10. The summed E-state index contributed by atoms with van der Waals surface area (Å²) in [6, 6.07) is 2.36. The second kappa shape index (κ2) is 14.3. The SMILES string of the molecule is C=C(C)C(=O)OCCOCCC[Si](C)(C)C(C)(CC)O[Si](C)(C)C(C)O[Si](C)(C)CCCC. The molecule has 0 N–H and O–H groups in total. The average Bonchev–Trinajstić information content (AvgIpc) is 2.70. The second-order valence-corrected chi connectivity index (χ2v) is 25.2. The van der Waals surface area contributed by atoms with Crippen molar-refractivity contribution in [3.8, 4) is 0 Å². The van der Waals surface area contributed by atoms with Gasteiger partial charge in [-0.15, -0.1) is 0 Å². The molecule has 0 rings (SSSR count). The van der Waals surface area contributed by atoms with Crippen LogP contribution in [0.5, 0.6) is 0 Å². The van der Waals surface area contributed by atoms with Crippen LogP contribution in [0.3, 0.4) is 0 Å². The van der Waals surface area contributed by atoms with Gasteiger partial charge in [-0.25, -0.2) is 4.79 Å². The van der Waals surface area contributed by atoms with E-state index in [1.54, 1.807) is 6.92 Å². The molecule has 196 valence electrons. The van der Waals surface area contributed by atoms with Gasteiger partial charge in [0.2, 0.25) is 8.32 Å². The first-order valence-electron chi connectivity index (χ1n) is 12.8. The molecular formula is C25H54O5Si3. The minimum Gasteiger partial charge on any atom is -0.460 e. The number of carbonyl (C=O) groups excluding carboxylic acids is 1. The molecule has 0 heterocycles. The molecule has 5 nitrogen and oxygen atoms in total. The summed E-state index contributed by atoms with van der Waals surface area (Å²) in [5.74, 6) is -0.357. The number of carbonyl (C=O) groups is 1. The average molecular weight is 519 g/mol. The van der Waals surface area contributed by atoms with Crippen molar-refractivity contribution >= 4 is 30.7 Å². The topological polar surface area (TPSA) is 54.0 Å². The smallest absolute Gasteiger partial charge is 0.333 e. The van der Waals surface area contributed by atoms with Gasteiger partial charge in [0.1, 0.15) is 6.61 Å². The molecule has 0 bridgehead atoms. The zero-order valence-corrected chi connectivity index (χ0v) is 26.7. The highest BCUT2D eigenvalue weighted by molar-refractivity contribution is 6.82. The third kappa shape index (κ3) is 11.8. The van der Waals surface area contributed by atoms with Crippen LogP contribution < -0.4 is 0 Å². The van der Waals surface area contributed by atoms with E-state index in [0.29, 0.717) is 18.8 Å². The van der Waals surface area contributed by atoms with Gasteiger partial charge in [-0.2, -0.15) is 0 Å². The van der Waals surface area contributed by atoms with E-state index in [1.165, 1.54) is 18.9 Å². The summed E-state index contributed by atoms with van der Waals surface area (Å²) >= 11 is 0. The summed E-state index contributed by atoms with van der Waals surface area (Å²) < 4.78 is 24.6. The largest absolute Gasteiger partial charge is 0.460 e. The van der Waals surface area contributed by atoms with E-state index in [2.05, 4.69) is 73.6 Å². The molecular weight excluding hydrogens is 465 g/mol. The molecule has 33 heavy (non-hydrogen) atoms. The van der Waals surface area contributed by atoms with Crippen molar-refractivity contribution in [3.05, 3.63) is 12.2 Å². The van der Waals surface area contributed by atoms with Crippen LogP contribution in [0.15, 0.2) is 12.2 Å². The first kappa shape index (κ1) is 32.7. The molecule has 2 unspecified atom stereocenters. The van der Waals surface area contributed by atoms with Crippen molar-refractivity contribution in [1.82, 2.24) is 0 Å². The fourth-order valence-electron chi connectivity index (χ4n) is 3.93. The maximum Gasteiger partial charge on any atom is 0.333 e.